The lowest BCUT2D eigenvalue weighted by atomic mass is 9.94. The van der Waals surface area contributed by atoms with Gasteiger partial charge in [-0.3, -0.25) is 10.00 Å². The number of nitrogens with one attached hydrogen (secondary N) is 1. The molecule has 2 aromatic heterocycles. The summed E-state index contributed by atoms with van der Waals surface area (Å²) in [4.78, 5) is 11.2. The van der Waals surface area contributed by atoms with Crippen LogP contribution in [0.25, 0.3) is 11.2 Å². The molecule has 0 radical (unpaired) electrons. The van der Waals surface area contributed by atoms with Gasteiger partial charge in [-0.05, 0) is 37.1 Å². The molecular weight excluding hydrogens is 302 g/mol. The van der Waals surface area contributed by atoms with Crippen LogP contribution in [0, 0.1) is 0 Å². The maximum absolute atomic E-state index is 5.33. The molecule has 0 spiro atoms. The molecule has 4 rings (SSSR count). The van der Waals surface area contributed by atoms with Crippen LogP contribution in [-0.2, 0) is 6.54 Å². The van der Waals surface area contributed by atoms with Crippen molar-refractivity contribution in [3.63, 3.8) is 0 Å². The number of hydrogen-bond acceptors (Lipinski definition) is 5. The largest absolute Gasteiger partial charge is 0.497 e. The fraction of sp³-hybridized carbons (Fsp3) is 0.389. The van der Waals surface area contributed by atoms with Crippen LogP contribution in [0.5, 0.6) is 5.75 Å². The zero-order valence-electron chi connectivity index (χ0n) is 13.8. The van der Waals surface area contributed by atoms with Crippen LogP contribution >= 0.6 is 0 Å². The van der Waals surface area contributed by atoms with E-state index in [0.717, 1.165) is 43.0 Å². The van der Waals surface area contributed by atoms with Gasteiger partial charge < -0.3 is 4.74 Å². The molecule has 6 heteroatoms. The lowest BCUT2D eigenvalue weighted by Gasteiger charge is -2.32. The number of aromatic amines is 1. The Hall–Kier alpha value is -2.47. The quantitative estimate of drug-likeness (QED) is 0.799. The summed E-state index contributed by atoms with van der Waals surface area (Å²) in [5.41, 5.74) is 4.01. The molecule has 1 unspecified atom stereocenters. The maximum atomic E-state index is 5.33. The van der Waals surface area contributed by atoms with E-state index in [2.05, 4.69) is 37.2 Å². The second-order valence-corrected chi connectivity index (χ2v) is 6.29. The Balaban J connectivity index is 1.51. The highest BCUT2D eigenvalue weighted by Crippen LogP contribution is 2.29. The summed E-state index contributed by atoms with van der Waals surface area (Å²) in [7, 11) is 1.71. The zero-order valence-corrected chi connectivity index (χ0v) is 13.8. The molecule has 0 amide bonds. The minimum Gasteiger partial charge on any atom is -0.497 e. The van der Waals surface area contributed by atoms with E-state index in [1.165, 1.54) is 12.0 Å². The van der Waals surface area contributed by atoms with Crippen molar-refractivity contribution >= 4 is 11.2 Å². The number of rotatable bonds is 4. The number of piperidine rings is 1. The Kier molecular flexibility index (Phi) is 4.13. The molecule has 1 saturated heterocycles. The molecule has 1 aliphatic rings. The van der Waals surface area contributed by atoms with Crippen molar-refractivity contribution in [1.82, 2.24) is 25.1 Å². The van der Waals surface area contributed by atoms with E-state index in [4.69, 9.17) is 4.74 Å². The molecule has 1 fully saturated rings. The summed E-state index contributed by atoms with van der Waals surface area (Å²) < 4.78 is 5.33. The van der Waals surface area contributed by atoms with Crippen molar-refractivity contribution in [3.8, 4) is 5.75 Å². The van der Waals surface area contributed by atoms with Gasteiger partial charge >= 0.3 is 0 Å². The minimum atomic E-state index is 0.422. The van der Waals surface area contributed by atoms with E-state index < -0.39 is 0 Å². The zero-order chi connectivity index (χ0) is 16.4. The first-order valence-electron chi connectivity index (χ1n) is 8.34. The van der Waals surface area contributed by atoms with E-state index >= 15 is 0 Å². The predicted octanol–water partition coefficient (Wildman–Crippen LogP) is 2.74. The van der Waals surface area contributed by atoms with Crippen LogP contribution in [0.4, 0.5) is 0 Å². The summed E-state index contributed by atoms with van der Waals surface area (Å²) >= 11 is 0. The number of benzene rings is 1. The van der Waals surface area contributed by atoms with Crippen LogP contribution < -0.4 is 4.74 Å². The van der Waals surface area contributed by atoms with Crippen LogP contribution in [0.3, 0.4) is 0 Å². The summed E-state index contributed by atoms with van der Waals surface area (Å²) in [6.45, 7) is 3.06. The third kappa shape index (κ3) is 2.97. The van der Waals surface area contributed by atoms with Gasteiger partial charge in [-0.15, -0.1) is 0 Å². The number of H-pyrrole nitrogens is 1. The first-order chi connectivity index (χ1) is 11.8. The molecule has 3 aromatic rings. The van der Waals surface area contributed by atoms with Gasteiger partial charge in [-0.2, -0.15) is 5.10 Å². The highest BCUT2D eigenvalue weighted by Gasteiger charge is 2.25. The number of hydrogen-bond donors (Lipinski definition) is 1. The van der Waals surface area contributed by atoms with Crippen molar-refractivity contribution in [1.29, 1.82) is 0 Å². The van der Waals surface area contributed by atoms with Crippen LogP contribution in [0.15, 0.2) is 36.7 Å². The highest BCUT2D eigenvalue weighted by molar-refractivity contribution is 5.72. The molecule has 1 aliphatic heterocycles. The van der Waals surface area contributed by atoms with Crippen molar-refractivity contribution in [2.75, 3.05) is 20.2 Å². The molecular formula is C18H21N5O. The molecule has 1 atom stereocenters. The molecule has 0 aliphatic carbocycles. The van der Waals surface area contributed by atoms with Crippen LogP contribution in [-0.4, -0.2) is 45.3 Å². The number of methoxy groups -OCH3 is 1. The smallest absolute Gasteiger partial charge is 0.199 e. The summed E-state index contributed by atoms with van der Waals surface area (Å²) in [5.74, 6) is 1.34. The van der Waals surface area contributed by atoms with Crippen LogP contribution in [0.2, 0.25) is 0 Å². The van der Waals surface area contributed by atoms with Gasteiger partial charge in [0.15, 0.2) is 5.65 Å². The van der Waals surface area contributed by atoms with Gasteiger partial charge in [0, 0.05) is 31.4 Å². The highest BCUT2D eigenvalue weighted by atomic mass is 16.5. The maximum Gasteiger partial charge on any atom is 0.199 e. The summed E-state index contributed by atoms with van der Waals surface area (Å²) in [6, 6.07) is 8.30. The monoisotopic (exact) mass is 323 g/mol. The van der Waals surface area contributed by atoms with E-state index in [9.17, 15) is 0 Å². The van der Waals surface area contributed by atoms with Gasteiger partial charge in [0.2, 0.25) is 0 Å². The van der Waals surface area contributed by atoms with E-state index in [-0.39, 0.29) is 0 Å². The molecule has 1 N–H and O–H groups in total. The van der Waals surface area contributed by atoms with E-state index in [1.54, 1.807) is 19.5 Å². The predicted molar refractivity (Wildman–Crippen MR) is 91.9 cm³/mol. The average Bonchev–Trinajstić information content (AvgIpc) is 3.06. The Morgan fingerprint density at radius 2 is 2.21 bits per heavy atom. The Bertz CT molecular complexity index is 831. The van der Waals surface area contributed by atoms with Gasteiger partial charge in [0.05, 0.1) is 12.8 Å². The first kappa shape index (κ1) is 15.1. The second kappa shape index (κ2) is 6.57. The Labute approximate surface area is 140 Å². The minimum absolute atomic E-state index is 0.422. The van der Waals surface area contributed by atoms with Crippen molar-refractivity contribution in [2.45, 2.75) is 25.3 Å². The number of ether oxygens (including phenoxy) is 1. The van der Waals surface area contributed by atoms with E-state index in [0.29, 0.717) is 11.6 Å². The fourth-order valence-corrected chi connectivity index (χ4v) is 3.52. The third-order valence-corrected chi connectivity index (χ3v) is 4.67. The lowest BCUT2D eigenvalue weighted by molar-refractivity contribution is 0.198. The summed E-state index contributed by atoms with van der Waals surface area (Å²) in [5, 5.41) is 7.46. The topological polar surface area (TPSA) is 66.9 Å². The van der Waals surface area contributed by atoms with Crippen LogP contribution in [0.1, 0.15) is 30.0 Å². The molecule has 0 bridgehead atoms. The average molecular weight is 323 g/mol. The van der Waals surface area contributed by atoms with E-state index in [1.807, 2.05) is 12.1 Å². The number of aromatic nitrogens is 4. The Morgan fingerprint density at radius 3 is 3.12 bits per heavy atom. The van der Waals surface area contributed by atoms with Gasteiger partial charge in [0.1, 0.15) is 11.3 Å². The standard InChI is InChI=1S/C18H21N5O/c1-24-15-6-2-4-13(10-15)11-23-9-3-5-14(12-23)16-17-18(22-21-16)20-8-7-19-17/h2,4,6-8,10,14H,3,5,9,11-12H2,1H3,(H,20,21,22). The molecule has 124 valence electrons. The van der Waals surface area contributed by atoms with Gasteiger partial charge in [-0.25, -0.2) is 9.97 Å². The molecule has 1 aromatic carbocycles. The van der Waals surface area contributed by atoms with Crippen molar-refractivity contribution < 1.29 is 4.74 Å². The SMILES string of the molecule is COc1cccc(CN2CCCC(c3[nH]nc4nccnc34)C2)c1. The first-order valence-corrected chi connectivity index (χ1v) is 8.34. The number of fused-ring (bicyclic) bond motifs is 1. The van der Waals surface area contributed by atoms with Gasteiger partial charge in [-0.1, -0.05) is 12.1 Å². The normalized spacial score (nSPS) is 18.8. The Morgan fingerprint density at radius 1 is 1.29 bits per heavy atom. The number of nitrogens with zero attached hydrogens (tertiary/aromatic N) is 4. The molecule has 0 saturated carbocycles. The number of likely N-dealkylation sites (tertiary alicyclic amines) is 1. The van der Waals surface area contributed by atoms with Crippen molar-refractivity contribution in [2.24, 2.45) is 0 Å². The molecule has 24 heavy (non-hydrogen) atoms. The molecule has 3 heterocycles. The lowest BCUT2D eigenvalue weighted by Crippen LogP contribution is -2.34. The molecule has 6 nitrogen and oxygen atoms in total. The third-order valence-electron chi connectivity index (χ3n) is 4.67. The second-order valence-electron chi connectivity index (χ2n) is 6.29. The summed E-state index contributed by atoms with van der Waals surface area (Å²) in [6.07, 6.45) is 5.75. The van der Waals surface area contributed by atoms with Crippen molar-refractivity contribution in [3.05, 3.63) is 47.9 Å². The van der Waals surface area contributed by atoms with Gasteiger partial charge in [0.25, 0.3) is 0 Å². The fourth-order valence-electron chi connectivity index (χ4n) is 3.52.